The van der Waals surface area contributed by atoms with Crippen LogP contribution in [-0.4, -0.2) is 20.7 Å². The van der Waals surface area contributed by atoms with Crippen LogP contribution in [0.5, 0.6) is 0 Å². The van der Waals surface area contributed by atoms with Crippen LogP contribution in [0.1, 0.15) is 53.3 Å². The lowest BCUT2D eigenvalue weighted by molar-refractivity contribution is -0.116. The fraction of sp³-hybridized carbons (Fsp3) is 0.381. The Morgan fingerprint density at radius 3 is 2.46 bits per heavy atom. The van der Waals surface area contributed by atoms with Gasteiger partial charge in [-0.3, -0.25) is 4.79 Å². The Kier molecular flexibility index (Phi) is 4.61. The van der Waals surface area contributed by atoms with Crippen molar-refractivity contribution in [2.75, 3.05) is 5.32 Å². The number of fused-ring (bicyclic) bond motifs is 1. The van der Waals surface area contributed by atoms with Gasteiger partial charge in [-0.05, 0) is 62.9 Å². The van der Waals surface area contributed by atoms with Gasteiger partial charge in [0.05, 0.1) is 11.1 Å². The first-order chi connectivity index (χ1) is 13.3. The normalized spacial score (nSPS) is 14.1. The summed E-state index contributed by atoms with van der Waals surface area (Å²) >= 11 is 0. The van der Waals surface area contributed by atoms with Gasteiger partial charge in [0.15, 0.2) is 5.65 Å². The summed E-state index contributed by atoms with van der Waals surface area (Å²) in [6.07, 6.45) is -0.688. The molecule has 2 heterocycles. The Labute approximate surface area is 161 Å². The molecule has 1 aliphatic carbocycles. The highest BCUT2D eigenvalue weighted by molar-refractivity contribution is 5.92. The lowest BCUT2D eigenvalue weighted by atomic mass is 10.1. The number of aromatic nitrogens is 3. The fourth-order valence-corrected chi connectivity index (χ4v) is 3.66. The minimum atomic E-state index is -2.61. The van der Waals surface area contributed by atoms with Gasteiger partial charge in [-0.2, -0.15) is 5.10 Å². The molecule has 1 aromatic carbocycles. The number of alkyl halides is 2. The highest BCUT2D eigenvalue weighted by Gasteiger charge is 2.29. The molecular weight excluding hydrogens is 362 g/mol. The minimum Gasteiger partial charge on any atom is -0.324 e. The average Bonchev–Trinajstić information content (AvgIpc) is 3.39. The summed E-state index contributed by atoms with van der Waals surface area (Å²) in [4.78, 5) is 17.1. The number of hydrogen-bond donors (Lipinski definition) is 1. The lowest BCUT2D eigenvalue weighted by Gasteiger charge is -2.09. The SMILES string of the molecule is Cc1cc(C)cc(NC(=O)Cn2nc(C)c3c(C(F)F)cc(C4CC4)nc32)c1. The third-order valence-electron chi connectivity index (χ3n) is 4.96. The van der Waals surface area contributed by atoms with Crippen LogP contribution in [-0.2, 0) is 11.3 Å². The number of pyridine rings is 1. The van der Waals surface area contributed by atoms with Crippen molar-refractivity contribution in [2.24, 2.45) is 0 Å². The van der Waals surface area contributed by atoms with Crippen molar-refractivity contribution in [3.8, 4) is 0 Å². The summed E-state index contributed by atoms with van der Waals surface area (Å²) in [5, 5.41) is 7.53. The van der Waals surface area contributed by atoms with Crippen molar-refractivity contribution in [2.45, 2.75) is 52.5 Å². The number of aryl methyl sites for hydroxylation is 3. The van der Waals surface area contributed by atoms with Crippen molar-refractivity contribution >= 4 is 22.6 Å². The Hall–Kier alpha value is -2.83. The van der Waals surface area contributed by atoms with Crippen LogP contribution in [0.15, 0.2) is 24.3 Å². The molecule has 1 N–H and O–H groups in total. The Bertz CT molecular complexity index is 1050. The van der Waals surface area contributed by atoms with E-state index in [0.29, 0.717) is 28.1 Å². The van der Waals surface area contributed by atoms with E-state index in [9.17, 15) is 13.6 Å². The number of rotatable bonds is 5. The first kappa shape index (κ1) is 18.5. The van der Waals surface area contributed by atoms with E-state index < -0.39 is 6.43 Å². The number of hydrogen-bond acceptors (Lipinski definition) is 3. The number of halogens is 2. The molecule has 1 fully saturated rings. The number of benzene rings is 1. The zero-order valence-electron chi connectivity index (χ0n) is 16.1. The summed E-state index contributed by atoms with van der Waals surface area (Å²) in [6.45, 7) is 5.51. The molecule has 0 atom stereocenters. The second-order valence-corrected chi connectivity index (χ2v) is 7.58. The zero-order valence-corrected chi connectivity index (χ0v) is 16.1. The van der Waals surface area contributed by atoms with Crippen LogP contribution in [0.2, 0.25) is 0 Å². The number of anilines is 1. The summed E-state index contributed by atoms with van der Waals surface area (Å²) in [5.74, 6) is -0.0405. The first-order valence-corrected chi connectivity index (χ1v) is 9.36. The second-order valence-electron chi connectivity index (χ2n) is 7.58. The molecule has 4 rings (SSSR count). The van der Waals surface area contributed by atoms with E-state index >= 15 is 0 Å². The Morgan fingerprint density at radius 2 is 1.86 bits per heavy atom. The highest BCUT2D eigenvalue weighted by atomic mass is 19.3. The van der Waals surface area contributed by atoms with Gasteiger partial charge in [0, 0.05) is 22.9 Å². The predicted octanol–water partition coefficient (Wildman–Crippen LogP) is 4.81. The van der Waals surface area contributed by atoms with Crippen LogP contribution in [0.25, 0.3) is 11.0 Å². The number of nitrogens with zero attached hydrogens (tertiary/aromatic N) is 3. The molecule has 3 aromatic rings. The van der Waals surface area contributed by atoms with E-state index in [0.717, 1.165) is 24.0 Å². The highest BCUT2D eigenvalue weighted by Crippen LogP contribution is 2.41. The summed E-state index contributed by atoms with van der Waals surface area (Å²) in [6, 6.07) is 7.29. The summed E-state index contributed by atoms with van der Waals surface area (Å²) < 4.78 is 28.7. The van der Waals surface area contributed by atoms with Gasteiger partial charge in [0.1, 0.15) is 6.54 Å². The summed E-state index contributed by atoms with van der Waals surface area (Å²) in [5.41, 5.74) is 4.23. The Morgan fingerprint density at radius 1 is 1.18 bits per heavy atom. The van der Waals surface area contributed by atoms with Gasteiger partial charge in [-0.1, -0.05) is 6.07 Å². The molecule has 1 amide bonds. The van der Waals surface area contributed by atoms with Gasteiger partial charge in [0.25, 0.3) is 6.43 Å². The quantitative estimate of drug-likeness (QED) is 0.687. The minimum absolute atomic E-state index is 0.0506. The van der Waals surface area contributed by atoms with E-state index in [1.807, 2.05) is 32.0 Å². The van der Waals surface area contributed by atoms with Crippen molar-refractivity contribution in [1.82, 2.24) is 14.8 Å². The van der Waals surface area contributed by atoms with Crippen LogP contribution in [0.3, 0.4) is 0 Å². The molecule has 1 saturated carbocycles. The molecule has 0 spiro atoms. The molecule has 0 unspecified atom stereocenters. The molecule has 0 saturated heterocycles. The van der Waals surface area contributed by atoms with E-state index in [2.05, 4.69) is 15.4 Å². The molecule has 1 aliphatic rings. The zero-order chi connectivity index (χ0) is 20.0. The monoisotopic (exact) mass is 384 g/mol. The molecule has 5 nitrogen and oxygen atoms in total. The van der Waals surface area contributed by atoms with Gasteiger partial charge >= 0.3 is 0 Å². The van der Waals surface area contributed by atoms with Crippen LogP contribution >= 0.6 is 0 Å². The topological polar surface area (TPSA) is 59.8 Å². The third kappa shape index (κ3) is 3.61. The van der Waals surface area contributed by atoms with E-state index in [1.165, 1.54) is 10.7 Å². The maximum Gasteiger partial charge on any atom is 0.264 e. The maximum atomic E-state index is 13.6. The molecular formula is C21H22F2N4O. The molecule has 0 aliphatic heterocycles. The lowest BCUT2D eigenvalue weighted by Crippen LogP contribution is -2.20. The van der Waals surface area contributed by atoms with E-state index in [-0.39, 0.29) is 23.9 Å². The second kappa shape index (κ2) is 6.96. The molecule has 0 radical (unpaired) electrons. The maximum absolute atomic E-state index is 13.6. The van der Waals surface area contributed by atoms with E-state index in [1.54, 1.807) is 6.92 Å². The van der Waals surface area contributed by atoms with E-state index in [4.69, 9.17) is 0 Å². The molecule has 2 aromatic heterocycles. The fourth-order valence-electron chi connectivity index (χ4n) is 3.66. The largest absolute Gasteiger partial charge is 0.324 e. The standard InChI is InChI=1S/C21H22F2N4O/c1-11-6-12(2)8-15(7-11)24-18(28)10-27-21-19(13(3)26-27)16(20(22)23)9-17(25-21)14-4-5-14/h6-9,14,20H,4-5,10H2,1-3H3,(H,24,28). The molecule has 0 bridgehead atoms. The van der Waals surface area contributed by atoms with Gasteiger partial charge in [-0.25, -0.2) is 18.4 Å². The predicted molar refractivity (Wildman–Crippen MR) is 104 cm³/mol. The Balaban J connectivity index is 1.67. The number of carbonyl (C=O) groups is 1. The van der Waals surface area contributed by atoms with Crippen molar-refractivity contribution < 1.29 is 13.6 Å². The van der Waals surface area contributed by atoms with Gasteiger partial charge < -0.3 is 5.32 Å². The van der Waals surface area contributed by atoms with Crippen molar-refractivity contribution in [1.29, 1.82) is 0 Å². The molecule has 146 valence electrons. The molecule has 7 heteroatoms. The average molecular weight is 384 g/mol. The number of amides is 1. The van der Waals surface area contributed by atoms with Crippen LogP contribution < -0.4 is 5.32 Å². The summed E-state index contributed by atoms with van der Waals surface area (Å²) in [7, 11) is 0. The smallest absolute Gasteiger partial charge is 0.264 e. The third-order valence-corrected chi connectivity index (χ3v) is 4.96. The van der Waals surface area contributed by atoms with Crippen LogP contribution in [0.4, 0.5) is 14.5 Å². The number of carbonyl (C=O) groups excluding carboxylic acids is 1. The van der Waals surface area contributed by atoms with Crippen LogP contribution in [0, 0.1) is 20.8 Å². The molecule has 28 heavy (non-hydrogen) atoms. The van der Waals surface area contributed by atoms with Crippen molar-refractivity contribution in [3.05, 3.63) is 52.3 Å². The van der Waals surface area contributed by atoms with Gasteiger partial charge in [0.2, 0.25) is 5.91 Å². The van der Waals surface area contributed by atoms with Crippen molar-refractivity contribution in [3.63, 3.8) is 0 Å². The first-order valence-electron chi connectivity index (χ1n) is 9.36. The van der Waals surface area contributed by atoms with Gasteiger partial charge in [-0.15, -0.1) is 0 Å². The number of nitrogens with one attached hydrogen (secondary N) is 1.